The summed E-state index contributed by atoms with van der Waals surface area (Å²) in [5, 5.41) is 0. The van der Waals surface area contributed by atoms with Gasteiger partial charge in [0, 0.05) is 6.20 Å². The summed E-state index contributed by atoms with van der Waals surface area (Å²) in [5.74, 6) is -1.40. The molecule has 0 amide bonds. The van der Waals surface area contributed by atoms with Crippen LogP contribution in [-0.4, -0.2) is 15.5 Å². The summed E-state index contributed by atoms with van der Waals surface area (Å²) in [6.45, 7) is 0. The molecule has 0 fully saturated rings. The maximum atomic E-state index is 12.5. The van der Waals surface area contributed by atoms with E-state index in [9.17, 15) is 18.0 Å². The first kappa shape index (κ1) is 10.4. The van der Waals surface area contributed by atoms with Crippen molar-refractivity contribution in [1.29, 1.82) is 0 Å². The summed E-state index contributed by atoms with van der Waals surface area (Å²) < 4.78 is 38.5. The van der Waals surface area contributed by atoms with Crippen LogP contribution in [0.4, 0.5) is 19.0 Å². The molecule has 2 aromatic rings. The van der Waals surface area contributed by atoms with Crippen LogP contribution in [0.2, 0.25) is 0 Å². The SMILES string of the molecule is O=C=Nc1nc(C(F)(F)F)n2ccccc12. The van der Waals surface area contributed by atoms with Gasteiger partial charge in [-0.25, -0.2) is 9.78 Å². The van der Waals surface area contributed by atoms with E-state index in [-0.39, 0.29) is 11.3 Å². The molecule has 4 nitrogen and oxygen atoms in total. The Morgan fingerprint density at radius 3 is 2.75 bits per heavy atom. The van der Waals surface area contributed by atoms with Crippen molar-refractivity contribution in [3.8, 4) is 0 Å². The lowest BCUT2D eigenvalue weighted by Gasteiger charge is -2.03. The molecule has 2 rings (SSSR count). The smallest absolute Gasteiger partial charge is 0.294 e. The van der Waals surface area contributed by atoms with Gasteiger partial charge in [0.2, 0.25) is 11.9 Å². The fourth-order valence-corrected chi connectivity index (χ4v) is 1.35. The molecule has 0 radical (unpaired) electrons. The normalized spacial score (nSPS) is 11.4. The van der Waals surface area contributed by atoms with E-state index in [1.54, 1.807) is 0 Å². The minimum atomic E-state index is -4.60. The summed E-state index contributed by atoms with van der Waals surface area (Å²) in [5.41, 5.74) is 0.109. The summed E-state index contributed by atoms with van der Waals surface area (Å²) in [6.07, 6.45) is -2.22. The Bertz CT molecular complexity index is 581. The highest BCUT2D eigenvalue weighted by molar-refractivity contribution is 5.68. The highest BCUT2D eigenvalue weighted by Crippen LogP contribution is 2.32. The van der Waals surface area contributed by atoms with Crippen LogP contribution in [0.1, 0.15) is 5.82 Å². The molecule has 0 aliphatic heterocycles. The number of fused-ring (bicyclic) bond motifs is 1. The molecule has 0 bridgehead atoms. The van der Waals surface area contributed by atoms with Crippen LogP contribution in [0.25, 0.3) is 5.52 Å². The molecule has 0 saturated heterocycles. The molecule has 0 atom stereocenters. The van der Waals surface area contributed by atoms with Crippen LogP contribution >= 0.6 is 0 Å². The first-order chi connectivity index (χ1) is 7.54. The first-order valence-electron chi connectivity index (χ1n) is 4.16. The number of nitrogens with zero attached hydrogens (tertiary/aromatic N) is 3. The van der Waals surface area contributed by atoms with Crippen molar-refractivity contribution in [2.45, 2.75) is 6.18 Å². The van der Waals surface area contributed by atoms with Crippen LogP contribution < -0.4 is 0 Å². The van der Waals surface area contributed by atoms with Gasteiger partial charge in [-0.2, -0.15) is 13.2 Å². The Kier molecular flexibility index (Phi) is 2.25. The Balaban J connectivity index is 2.82. The molecular formula is C9H4F3N3O. The van der Waals surface area contributed by atoms with Gasteiger partial charge >= 0.3 is 6.18 Å². The number of rotatable bonds is 1. The van der Waals surface area contributed by atoms with Gasteiger partial charge < -0.3 is 0 Å². The van der Waals surface area contributed by atoms with E-state index in [1.165, 1.54) is 30.5 Å². The Hall–Kier alpha value is -2.14. The lowest BCUT2D eigenvalue weighted by Crippen LogP contribution is -2.10. The molecule has 0 unspecified atom stereocenters. The minimum Gasteiger partial charge on any atom is -0.294 e. The monoisotopic (exact) mass is 227 g/mol. The second-order valence-electron chi connectivity index (χ2n) is 2.92. The third kappa shape index (κ3) is 1.57. The molecule has 0 aliphatic carbocycles. The van der Waals surface area contributed by atoms with Crippen LogP contribution in [0.15, 0.2) is 29.4 Å². The zero-order chi connectivity index (χ0) is 11.8. The lowest BCUT2D eigenvalue weighted by molar-refractivity contribution is -0.145. The van der Waals surface area contributed by atoms with E-state index < -0.39 is 12.0 Å². The van der Waals surface area contributed by atoms with E-state index in [2.05, 4.69) is 9.98 Å². The van der Waals surface area contributed by atoms with E-state index >= 15 is 0 Å². The van der Waals surface area contributed by atoms with Crippen molar-refractivity contribution in [2.75, 3.05) is 0 Å². The van der Waals surface area contributed by atoms with Gasteiger partial charge in [-0.3, -0.25) is 4.40 Å². The quantitative estimate of drug-likeness (QED) is 0.554. The highest BCUT2D eigenvalue weighted by atomic mass is 19.4. The second-order valence-corrected chi connectivity index (χ2v) is 2.92. The van der Waals surface area contributed by atoms with E-state index in [1.807, 2.05) is 0 Å². The molecule has 0 spiro atoms. The molecule has 7 heteroatoms. The fourth-order valence-electron chi connectivity index (χ4n) is 1.35. The number of carbonyl (C=O) groups excluding carboxylic acids is 1. The Morgan fingerprint density at radius 2 is 2.12 bits per heavy atom. The van der Waals surface area contributed by atoms with Crippen molar-refractivity contribution in [3.05, 3.63) is 30.2 Å². The molecule has 16 heavy (non-hydrogen) atoms. The summed E-state index contributed by atoms with van der Waals surface area (Å²) in [7, 11) is 0. The Labute approximate surface area is 87.1 Å². The number of halogens is 3. The van der Waals surface area contributed by atoms with Gasteiger partial charge in [0.1, 0.15) is 0 Å². The minimum absolute atomic E-state index is 0.109. The Morgan fingerprint density at radius 1 is 1.38 bits per heavy atom. The van der Waals surface area contributed by atoms with E-state index in [4.69, 9.17) is 0 Å². The zero-order valence-electron chi connectivity index (χ0n) is 7.69. The average molecular weight is 227 g/mol. The predicted molar refractivity (Wildman–Crippen MR) is 48.0 cm³/mol. The van der Waals surface area contributed by atoms with Gasteiger partial charge in [0.05, 0.1) is 5.52 Å². The van der Waals surface area contributed by atoms with Crippen molar-refractivity contribution < 1.29 is 18.0 Å². The zero-order valence-corrected chi connectivity index (χ0v) is 7.69. The largest absolute Gasteiger partial charge is 0.450 e. The third-order valence-electron chi connectivity index (χ3n) is 1.93. The van der Waals surface area contributed by atoms with Gasteiger partial charge in [-0.05, 0) is 12.1 Å². The summed E-state index contributed by atoms with van der Waals surface area (Å²) in [6, 6.07) is 4.34. The van der Waals surface area contributed by atoms with Crippen LogP contribution in [0, 0.1) is 0 Å². The first-order valence-corrected chi connectivity index (χ1v) is 4.16. The summed E-state index contributed by atoms with van der Waals surface area (Å²) in [4.78, 5) is 16.4. The van der Waals surface area contributed by atoms with Crippen LogP contribution in [-0.2, 0) is 11.0 Å². The van der Waals surface area contributed by atoms with E-state index in [0.717, 1.165) is 4.40 Å². The second kappa shape index (κ2) is 3.46. The number of hydrogen-bond acceptors (Lipinski definition) is 3. The molecule has 0 N–H and O–H groups in total. The lowest BCUT2D eigenvalue weighted by atomic mass is 10.4. The molecule has 82 valence electrons. The fraction of sp³-hybridized carbons (Fsp3) is 0.111. The average Bonchev–Trinajstić information content (AvgIpc) is 2.58. The molecule has 0 saturated carbocycles. The number of alkyl halides is 3. The van der Waals surface area contributed by atoms with Crippen molar-refractivity contribution in [1.82, 2.24) is 9.38 Å². The molecule has 2 aromatic heterocycles. The standard InChI is InChI=1S/C9H4F3N3O/c10-9(11,12)8-14-7(13-5-16)6-3-1-2-4-15(6)8/h1-4H. The van der Waals surface area contributed by atoms with Crippen molar-refractivity contribution in [2.24, 2.45) is 4.99 Å². The third-order valence-corrected chi connectivity index (χ3v) is 1.93. The number of pyridine rings is 1. The predicted octanol–water partition coefficient (Wildman–Crippen LogP) is 2.32. The number of isocyanates is 1. The number of aromatic nitrogens is 2. The number of hydrogen-bond donors (Lipinski definition) is 0. The molecular weight excluding hydrogens is 223 g/mol. The molecule has 2 heterocycles. The number of aliphatic imine (C=N–C) groups is 1. The maximum Gasteiger partial charge on any atom is 0.450 e. The molecule has 0 aromatic carbocycles. The summed E-state index contributed by atoms with van der Waals surface area (Å²) >= 11 is 0. The van der Waals surface area contributed by atoms with E-state index in [0.29, 0.717) is 0 Å². The number of imidazole rings is 1. The van der Waals surface area contributed by atoms with Crippen LogP contribution in [0.3, 0.4) is 0 Å². The van der Waals surface area contributed by atoms with Gasteiger partial charge in [0.25, 0.3) is 0 Å². The van der Waals surface area contributed by atoms with Gasteiger partial charge in [-0.1, -0.05) is 6.07 Å². The van der Waals surface area contributed by atoms with Crippen molar-refractivity contribution in [3.63, 3.8) is 0 Å². The maximum absolute atomic E-state index is 12.5. The molecule has 0 aliphatic rings. The van der Waals surface area contributed by atoms with Gasteiger partial charge in [0.15, 0.2) is 5.82 Å². The van der Waals surface area contributed by atoms with Gasteiger partial charge in [-0.15, -0.1) is 4.99 Å². The topological polar surface area (TPSA) is 46.7 Å². The highest BCUT2D eigenvalue weighted by Gasteiger charge is 2.37. The van der Waals surface area contributed by atoms with Crippen molar-refractivity contribution >= 4 is 17.4 Å². The van der Waals surface area contributed by atoms with Crippen LogP contribution in [0.5, 0.6) is 0 Å².